The van der Waals surface area contributed by atoms with Crippen LogP contribution in [0.25, 0.3) is 0 Å². The van der Waals surface area contributed by atoms with Crippen LogP contribution in [-0.2, 0) is 14.6 Å². The molecule has 3 atom stereocenters. The number of nitrogens with two attached hydrogens (primary N) is 1. The van der Waals surface area contributed by atoms with Crippen LogP contribution in [0.1, 0.15) is 36.0 Å². The number of rotatable bonds is 4. The molecule has 0 radical (unpaired) electrons. The molecule has 4 rings (SSSR count). The second kappa shape index (κ2) is 8.74. The zero-order chi connectivity index (χ0) is 23.0. The fourth-order valence-electron chi connectivity index (χ4n) is 4.74. The van der Waals surface area contributed by atoms with Gasteiger partial charge in [-0.2, -0.15) is 0 Å². The summed E-state index contributed by atoms with van der Waals surface area (Å²) in [4.78, 5) is 12.5. The number of nitrogen functional groups attached to an aromatic ring is 1. The third-order valence-corrected chi connectivity index (χ3v) is 8.74. The van der Waals surface area contributed by atoms with E-state index in [9.17, 15) is 26.4 Å². The minimum atomic E-state index is -3.85. The first-order valence-electron chi connectivity index (χ1n) is 10.4. The molecule has 0 aromatic heterocycles. The first-order chi connectivity index (χ1) is 15.2. The van der Waals surface area contributed by atoms with Gasteiger partial charge in [0.2, 0.25) is 0 Å². The fourth-order valence-corrected chi connectivity index (χ4v) is 7.28. The average molecular weight is 468 g/mol. The molecule has 10 heteroatoms. The van der Waals surface area contributed by atoms with Crippen molar-refractivity contribution in [2.45, 2.75) is 35.8 Å². The summed E-state index contributed by atoms with van der Waals surface area (Å²) >= 11 is 0. The van der Waals surface area contributed by atoms with Crippen LogP contribution < -0.4 is 11.1 Å². The summed E-state index contributed by atoms with van der Waals surface area (Å²) in [5.74, 6) is -5.46. The van der Waals surface area contributed by atoms with E-state index < -0.39 is 38.4 Å². The lowest BCUT2D eigenvalue weighted by Crippen LogP contribution is -2.34. The Labute approximate surface area is 183 Å². The second-order valence-corrected chi connectivity index (χ2v) is 10.3. The van der Waals surface area contributed by atoms with Gasteiger partial charge in [0.25, 0.3) is 5.91 Å². The number of hydrogen-bond donors (Lipinski definition) is 2. The number of fused-ring (bicyclic) bond motifs is 2. The lowest BCUT2D eigenvalue weighted by Gasteiger charge is -2.28. The fraction of sp³-hybridized carbons (Fsp3) is 0.409. The van der Waals surface area contributed by atoms with Gasteiger partial charge >= 0.3 is 0 Å². The van der Waals surface area contributed by atoms with E-state index >= 15 is 0 Å². The number of ether oxygens (including phenoxy) is 1. The molecule has 1 aliphatic carbocycles. The molecule has 2 aromatic rings. The predicted molar refractivity (Wildman–Crippen MR) is 112 cm³/mol. The van der Waals surface area contributed by atoms with Crippen molar-refractivity contribution in [1.82, 2.24) is 0 Å². The third kappa shape index (κ3) is 4.21. The maximum absolute atomic E-state index is 13.6. The number of benzene rings is 2. The standard InChI is InChI=1S/C22H23F3N2O4S/c23-16-10-15(11-17(24)20(16)25)27-22(28)14-3-4-18(26)19(9-14)32(29,30)21-12-1-2-13(21)6-8-31-7-5-12/h3-4,9-13,21H,1-2,5-8,26H2,(H,27,28)/t12-,13?,21?/m0/s1. The highest BCUT2D eigenvalue weighted by Gasteiger charge is 2.46. The molecule has 2 fully saturated rings. The number of hydrogen-bond acceptors (Lipinski definition) is 5. The number of sulfone groups is 1. The summed E-state index contributed by atoms with van der Waals surface area (Å²) in [5, 5.41) is 1.65. The van der Waals surface area contributed by atoms with Gasteiger partial charge in [0.15, 0.2) is 27.3 Å². The number of amides is 1. The molecule has 2 aromatic carbocycles. The zero-order valence-corrected chi connectivity index (χ0v) is 17.9. The SMILES string of the molecule is Nc1ccc(C(=O)Nc2cc(F)c(F)c(F)c2)cc1S(=O)(=O)C1C2CCOCC[C@@H]1CC2. The van der Waals surface area contributed by atoms with E-state index in [4.69, 9.17) is 10.5 Å². The van der Waals surface area contributed by atoms with E-state index in [-0.39, 0.29) is 33.7 Å². The molecule has 1 heterocycles. The second-order valence-electron chi connectivity index (χ2n) is 8.26. The summed E-state index contributed by atoms with van der Waals surface area (Å²) in [7, 11) is -3.85. The Bertz CT molecular complexity index is 1120. The first kappa shape index (κ1) is 22.6. The van der Waals surface area contributed by atoms with Crippen LogP contribution in [0.5, 0.6) is 0 Å². The normalized spacial score (nSPS) is 23.4. The van der Waals surface area contributed by atoms with Gasteiger partial charge in [-0.3, -0.25) is 4.79 Å². The van der Waals surface area contributed by atoms with Crippen LogP contribution in [0, 0.1) is 29.3 Å². The molecular weight excluding hydrogens is 445 g/mol. The quantitative estimate of drug-likeness (QED) is 0.524. The van der Waals surface area contributed by atoms with E-state index in [2.05, 4.69) is 5.32 Å². The van der Waals surface area contributed by atoms with Crippen molar-refractivity contribution in [3.63, 3.8) is 0 Å². The van der Waals surface area contributed by atoms with Crippen molar-refractivity contribution in [3.8, 4) is 0 Å². The van der Waals surface area contributed by atoms with Crippen LogP contribution >= 0.6 is 0 Å². The highest BCUT2D eigenvalue weighted by molar-refractivity contribution is 7.92. The highest BCUT2D eigenvalue weighted by Crippen LogP contribution is 2.44. The number of carbonyl (C=O) groups is 1. The van der Waals surface area contributed by atoms with E-state index in [0.717, 1.165) is 12.8 Å². The van der Waals surface area contributed by atoms with Gasteiger partial charge in [0, 0.05) is 36.6 Å². The summed E-state index contributed by atoms with van der Waals surface area (Å²) in [5.41, 5.74) is 5.67. The summed E-state index contributed by atoms with van der Waals surface area (Å²) < 4.78 is 72.8. The van der Waals surface area contributed by atoms with Crippen LogP contribution in [0.3, 0.4) is 0 Å². The maximum atomic E-state index is 13.6. The minimum Gasteiger partial charge on any atom is -0.398 e. The van der Waals surface area contributed by atoms with Crippen molar-refractivity contribution in [3.05, 3.63) is 53.3 Å². The molecule has 0 spiro atoms. The Balaban J connectivity index is 1.64. The Morgan fingerprint density at radius 1 is 0.969 bits per heavy atom. The van der Waals surface area contributed by atoms with Gasteiger partial charge in [0.1, 0.15) is 0 Å². The molecule has 1 saturated heterocycles. The Hall–Kier alpha value is -2.59. The van der Waals surface area contributed by atoms with Crippen LogP contribution in [0.2, 0.25) is 0 Å². The summed E-state index contributed by atoms with van der Waals surface area (Å²) in [6, 6.07) is 5.10. The van der Waals surface area contributed by atoms with Gasteiger partial charge in [-0.25, -0.2) is 21.6 Å². The number of carbonyl (C=O) groups excluding carboxylic acids is 1. The van der Waals surface area contributed by atoms with Crippen molar-refractivity contribution in [2.75, 3.05) is 24.3 Å². The average Bonchev–Trinajstić information content (AvgIpc) is 3.17. The topological polar surface area (TPSA) is 98.5 Å². The summed E-state index contributed by atoms with van der Waals surface area (Å²) in [6.07, 6.45) is 2.86. The molecule has 3 N–H and O–H groups in total. The Kier molecular flexibility index (Phi) is 6.17. The molecule has 1 aliphatic heterocycles. The molecule has 1 saturated carbocycles. The van der Waals surface area contributed by atoms with Gasteiger partial charge < -0.3 is 15.8 Å². The molecule has 1 amide bonds. The molecule has 2 aliphatic rings. The van der Waals surface area contributed by atoms with Crippen LogP contribution in [0.4, 0.5) is 24.5 Å². The van der Waals surface area contributed by atoms with Gasteiger partial charge in [0.05, 0.1) is 15.8 Å². The largest absolute Gasteiger partial charge is 0.398 e. The van der Waals surface area contributed by atoms with Gasteiger partial charge in [-0.05, 0) is 55.7 Å². The third-order valence-electron chi connectivity index (χ3n) is 6.29. The van der Waals surface area contributed by atoms with E-state index in [1.807, 2.05) is 0 Å². The molecule has 172 valence electrons. The van der Waals surface area contributed by atoms with E-state index in [0.29, 0.717) is 38.2 Å². The number of halogens is 3. The van der Waals surface area contributed by atoms with Crippen molar-refractivity contribution >= 4 is 27.1 Å². The van der Waals surface area contributed by atoms with E-state index in [1.165, 1.54) is 18.2 Å². The maximum Gasteiger partial charge on any atom is 0.255 e. The minimum absolute atomic E-state index is 0.0260. The lowest BCUT2D eigenvalue weighted by atomic mass is 9.98. The molecule has 32 heavy (non-hydrogen) atoms. The van der Waals surface area contributed by atoms with Crippen molar-refractivity contribution in [1.29, 1.82) is 0 Å². The molecule has 2 unspecified atom stereocenters. The van der Waals surface area contributed by atoms with E-state index in [1.54, 1.807) is 0 Å². The van der Waals surface area contributed by atoms with Gasteiger partial charge in [-0.15, -0.1) is 0 Å². The molecule has 2 bridgehead atoms. The number of nitrogens with one attached hydrogen (secondary N) is 1. The predicted octanol–water partition coefficient (Wildman–Crippen LogP) is 3.92. The van der Waals surface area contributed by atoms with Gasteiger partial charge in [-0.1, -0.05) is 0 Å². The van der Waals surface area contributed by atoms with Crippen molar-refractivity contribution in [2.24, 2.45) is 11.8 Å². The Morgan fingerprint density at radius 2 is 1.56 bits per heavy atom. The molecule has 6 nitrogen and oxygen atoms in total. The number of anilines is 2. The monoisotopic (exact) mass is 468 g/mol. The lowest BCUT2D eigenvalue weighted by molar-refractivity contribution is 0.0985. The Morgan fingerprint density at radius 3 is 2.16 bits per heavy atom. The summed E-state index contributed by atoms with van der Waals surface area (Å²) in [6.45, 7) is 1.01. The van der Waals surface area contributed by atoms with Crippen LogP contribution in [-0.4, -0.2) is 32.8 Å². The highest BCUT2D eigenvalue weighted by atomic mass is 32.2. The smallest absolute Gasteiger partial charge is 0.255 e. The molecular formula is C22H23F3N2O4S. The first-order valence-corrected chi connectivity index (χ1v) is 11.9. The zero-order valence-electron chi connectivity index (χ0n) is 17.1. The van der Waals surface area contributed by atoms with Crippen LogP contribution in [0.15, 0.2) is 35.2 Å². The van der Waals surface area contributed by atoms with Crippen molar-refractivity contribution < 1.29 is 31.1 Å².